The van der Waals surface area contributed by atoms with Crippen molar-refractivity contribution in [3.05, 3.63) is 64.4 Å². The minimum Gasteiger partial charge on any atom is -0.494 e. The summed E-state index contributed by atoms with van der Waals surface area (Å²) in [4.78, 5) is 0. The molecular weight excluding hydrogens is 332 g/mol. The zero-order valence-electron chi connectivity index (χ0n) is 14.3. The average Bonchev–Trinajstić information content (AvgIpc) is 3.00. The van der Waals surface area contributed by atoms with Crippen LogP contribution in [-0.4, -0.2) is 27.7 Å². The van der Waals surface area contributed by atoms with Crippen LogP contribution < -0.4 is 4.74 Å². The minimum atomic E-state index is 0.453. The second kappa shape index (κ2) is 7.90. The average molecular weight is 352 g/mol. The quantitative estimate of drug-likeness (QED) is 0.521. The maximum absolute atomic E-state index is 5.58. The number of aryl methyl sites for hydroxylation is 1. The summed E-state index contributed by atoms with van der Waals surface area (Å²) in [6, 6.07) is 15.9. The third kappa shape index (κ3) is 4.22. The van der Waals surface area contributed by atoms with Gasteiger partial charge in [-0.3, -0.25) is 0 Å². The number of benzene rings is 2. The Labute approximate surface area is 152 Å². The van der Waals surface area contributed by atoms with Crippen molar-refractivity contribution >= 4 is 18.4 Å². The standard InChI is InChI=1S/C19H20N4OS/c1-3-12-24-17-10-6-15(7-11-17)13-20-23-18(21-22-19(23)25)16-8-4-14(2)5-9-16/h4-11,13H,3,12H2,1-2H3,(H,22,25). The Morgan fingerprint density at radius 1 is 1.16 bits per heavy atom. The monoisotopic (exact) mass is 352 g/mol. The van der Waals surface area contributed by atoms with Crippen molar-refractivity contribution in [1.82, 2.24) is 14.9 Å². The number of nitrogens with one attached hydrogen (secondary N) is 1. The van der Waals surface area contributed by atoms with Gasteiger partial charge in [-0.2, -0.15) is 14.9 Å². The molecule has 0 saturated heterocycles. The second-order valence-electron chi connectivity index (χ2n) is 5.69. The molecule has 2 aromatic carbocycles. The number of hydrogen-bond donors (Lipinski definition) is 1. The van der Waals surface area contributed by atoms with Crippen molar-refractivity contribution in [2.24, 2.45) is 5.10 Å². The molecule has 0 saturated carbocycles. The normalized spacial score (nSPS) is 11.1. The Morgan fingerprint density at radius 3 is 2.56 bits per heavy atom. The Hall–Kier alpha value is -2.73. The second-order valence-corrected chi connectivity index (χ2v) is 6.08. The molecule has 1 heterocycles. The predicted molar refractivity (Wildman–Crippen MR) is 103 cm³/mol. The number of ether oxygens (including phenoxy) is 1. The van der Waals surface area contributed by atoms with Crippen LogP contribution in [0.25, 0.3) is 11.4 Å². The fourth-order valence-corrected chi connectivity index (χ4v) is 2.46. The van der Waals surface area contributed by atoms with Crippen LogP contribution in [0.3, 0.4) is 0 Å². The van der Waals surface area contributed by atoms with Gasteiger partial charge in [0, 0.05) is 5.56 Å². The number of hydrogen-bond acceptors (Lipinski definition) is 4. The summed E-state index contributed by atoms with van der Waals surface area (Å²) < 4.78 is 7.66. The Bertz CT molecular complexity index is 908. The molecule has 25 heavy (non-hydrogen) atoms. The molecule has 6 heteroatoms. The van der Waals surface area contributed by atoms with Gasteiger partial charge in [-0.1, -0.05) is 36.8 Å². The van der Waals surface area contributed by atoms with Crippen LogP contribution in [0.1, 0.15) is 24.5 Å². The fraction of sp³-hybridized carbons (Fsp3) is 0.211. The van der Waals surface area contributed by atoms with Crippen LogP contribution in [0.4, 0.5) is 0 Å². The number of aromatic amines is 1. The van der Waals surface area contributed by atoms with Crippen molar-refractivity contribution < 1.29 is 4.74 Å². The van der Waals surface area contributed by atoms with E-state index in [1.807, 2.05) is 55.5 Å². The van der Waals surface area contributed by atoms with Crippen molar-refractivity contribution in [2.75, 3.05) is 6.61 Å². The van der Waals surface area contributed by atoms with Gasteiger partial charge >= 0.3 is 0 Å². The smallest absolute Gasteiger partial charge is 0.216 e. The Balaban J connectivity index is 1.83. The van der Waals surface area contributed by atoms with Crippen LogP contribution in [0.15, 0.2) is 53.6 Å². The molecule has 0 atom stereocenters. The highest BCUT2D eigenvalue weighted by atomic mass is 32.1. The van der Waals surface area contributed by atoms with E-state index in [2.05, 4.69) is 22.2 Å². The summed E-state index contributed by atoms with van der Waals surface area (Å²) in [5.41, 5.74) is 3.11. The summed E-state index contributed by atoms with van der Waals surface area (Å²) in [7, 11) is 0. The van der Waals surface area contributed by atoms with E-state index >= 15 is 0 Å². The molecule has 3 aromatic rings. The Kier molecular flexibility index (Phi) is 5.40. The van der Waals surface area contributed by atoms with Gasteiger partial charge in [0.1, 0.15) is 5.75 Å². The lowest BCUT2D eigenvalue weighted by Gasteiger charge is -2.04. The molecule has 5 nitrogen and oxygen atoms in total. The minimum absolute atomic E-state index is 0.453. The van der Waals surface area contributed by atoms with Gasteiger partial charge in [0.05, 0.1) is 12.8 Å². The van der Waals surface area contributed by atoms with Gasteiger partial charge in [0.25, 0.3) is 0 Å². The van der Waals surface area contributed by atoms with Crippen LogP contribution in [-0.2, 0) is 0 Å². The summed E-state index contributed by atoms with van der Waals surface area (Å²) in [5, 5.41) is 11.6. The summed E-state index contributed by atoms with van der Waals surface area (Å²) >= 11 is 5.29. The van der Waals surface area contributed by atoms with E-state index in [0.717, 1.165) is 29.9 Å². The summed E-state index contributed by atoms with van der Waals surface area (Å²) in [6.45, 7) is 4.85. The van der Waals surface area contributed by atoms with E-state index in [-0.39, 0.29) is 0 Å². The first-order chi connectivity index (χ1) is 12.2. The highest BCUT2D eigenvalue weighted by molar-refractivity contribution is 7.71. The molecule has 1 N–H and O–H groups in total. The van der Waals surface area contributed by atoms with Gasteiger partial charge in [-0.15, -0.1) is 0 Å². The molecule has 3 rings (SSSR count). The van der Waals surface area contributed by atoms with Gasteiger partial charge in [-0.05, 0) is 55.4 Å². The zero-order chi connectivity index (χ0) is 17.6. The molecule has 0 fully saturated rings. The van der Waals surface area contributed by atoms with Crippen LogP contribution in [0.2, 0.25) is 0 Å². The van der Waals surface area contributed by atoms with Gasteiger partial charge < -0.3 is 4.74 Å². The van der Waals surface area contributed by atoms with Gasteiger partial charge in [0.15, 0.2) is 5.82 Å². The largest absolute Gasteiger partial charge is 0.494 e. The SMILES string of the molecule is CCCOc1ccc(C=Nn2c(-c3ccc(C)cc3)n[nH]c2=S)cc1. The molecule has 0 unspecified atom stereocenters. The van der Waals surface area contributed by atoms with E-state index in [1.165, 1.54) is 5.56 Å². The van der Waals surface area contributed by atoms with Gasteiger partial charge in [-0.25, -0.2) is 5.10 Å². The molecule has 0 aliphatic carbocycles. The molecule has 0 aliphatic heterocycles. The summed E-state index contributed by atoms with van der Waals surface area (Å²) in [5.74, 6) is 1.54. The topological polar surface area (TPSA) is 55.2 Å². The number of nitrogens with zero attached hydrogens (tertiary/aromatic N) is 3. The van der Waals surface area contributed by atoms with Crippen LogP contribution >= 0.6 is 12.2 Å². The maximum atomic E-state index is 5.58. The highest BCUT2D eigenvalue weighted by Gasteiger charge is 2.07. The molecule has 0 amide bonds. The maximum Gasteiger partial charge on any atom is 0.216 e. The number of aromatic nitrogens is 3. The Morgan fingerprint density at radius 2 is 1.88 bits per heavy atom. The van der Waals surface area contributed by atoms with Crippen molar-refractivity contribution in [3.8, 4) is 17.1 Å². The highest BCUT2D eigenvalue weighted by Crippen LogP contribution is 2.18. The zero-order valence-corrected chi connectivity index (χ0v) is 15.1. The van der Waals surface area contributed by atoms with Crippen LogP contribution in [0.5, 0.6) is 5.75 Å². The molecule has 0 aliphatic rings. The van der Waals surface area contributed by atoms with Gasteiger partial charge in [0.2, 0.25) is 4.77 Å². The lowest BCUT2D eigenvalue weighted by atomic mass is 10.1. The lowest BCUT2D eigenvalue weighted by molar-refractivity contribution is 0.317. The summed E-state index contributed by atoms with van der Waals surface area (Å²) in [6.07, 6.45) is 2.75. The van der Waals surface area contributed by atoms with Crippen molar-refractivity contribution in [3.63, 3.8) is 0 Å². The van der Waals surface area contributed by atoms with Crippen molar-refractivity contribution in [2.45, 2.75) is 20.3 Å². The van der Waals surface area contributed by atoms with E-state index < -0.39 is 0 Å². The first kappa shape index (κ1) is 17.1. The first-order valence-electron chi connectivity index (χ1n) is 8.19. The number of H-pyrrole nitrogens is 1. The van der Waals surface area contributed by atoms with Crippen molar-refractivity contribution in [1.29, 1.82) is 0 Å². The molecule has 1 aromatic heterocycles. The molecule has 0 bridgehead atoms. The van der Waals surface area contributed by atoms with E-state index in [4.69, 9.17) is 17.0 Å². The van der Waals surface area contributed by atoms with Crippen LogP contribution in [0, 0.1) is 11.7 Å². The first-order valence-corrected chi connectivity index (χ1v) is 8.60. The van der Waals surface area contributed by atoms with E-state index in [9.17, 15) is 0 Å². The fourth-order valence-electron chi connectivity index (χ4n) is 2.28. The lowest BCUT2D eigenvalue weighted by Crippen LogP contribution is -1.96. The number of rotatable bonds is 6. The molecule has 128 valence electrons. The third-order valence-electron chi connectivity index (χ3n) is 3.64. The molecule has 0 radical (unpaired) electrons. The molecule has 0 spiro atoms. The van der Waals surface area contributed by atoms with E-state index in [0.29, 0.717) is 10.6 Å². The third-order valence-corrected chi connectivity index (χ3v) is 3.90. The molecular formula is C19H20N4OS. The van der Waals surface area contributed by atoms with E-state index in [1.54, 1.807) is 10.9 Å². The predicted octanol–water partition coefficient (Wildman–Crippen LogP) is 4.59.